The van der Waals surface area contributed by atoms with E-state index in [1.807, 2.05) is 0 Å². The van der Waals surface area contributed by atoms with Gasteiger partial charge in [-0.05, 0) is 18.9 Å². The van der Waals surface area contributed by atoms with Crippen LogP contribution in [0.2, 0.25) is 10.2 Å². The lowest BCUT2D eigenvalue weighted by molar-refractivity contribution is 0.0542. The quantitative estimate of drug-likeness (QED) is 0.813. The van der Waals surface area contributed by atoms with Gasteiger partial charge in [-0.1, -0.05) is 23.2 Å². The van der Waals surface area contributed by atoms with Crippen molar-refractivity contribution in [1.29, 1.82) is 0 Å². The average molecular weight is 263 g/mol. The molecule has 0 aliphatic carbocycles. The summed E-state index contributed by atoms with van der Waals surface area (Å²) in [5.74, 6) is -0.124. The molecule has 1 aromatic heterocycles. The summed E-state index contributed by atoms with van der Waals surface area (Å²) in [6, 6.07) is 1.53. The van der Waals surface area contributed by atoms with Gasteiger partial charge in [-0.3, -0.25) is 4.79 Å². The van der Waals surface area contributed by atoms with Gasteiger partial charge in [-0.15, -0.1) is 0 Å². The van der Waals surface area contributed by atoms with E-state index in [4.69, 9.17) is 23.2 Å². The lowest BCUT2D eigenvalue weighted by Gasteiger charge is -2.29. The molecule has 1 saturated heterocycles. The standard InChI is InChI=1S/C10H12Cl2N2O2/c11-7-5-8(13-9(7)12)10(16)14-3-1-6(15)2-4-14/h5-6,13,15H,1-4H2. The molecule has 0 aromatic carbocycles. The van der Waals surface area contributed by atoms with E-state index in [1.54, 1.807) is 4.90 Å². The Balaban J connectivity index is 2.07. The zero-order chi connectivity index (χ0) is 11.7. The highest BCUT2D eigenvalue weighted by atomic mass is 35.5. The van der Waals surface area contributed by atoms with Gasteiger partial charge in [0.15, 0.2) is 0 Å². The van der Waals surface area contributed by atoms with E-state index in [0.717, 1.165) is 0 Å². The van der Waals surface area contributed by atoms with Crippen LogP contribution in [0.3, 0.4) is 0 Å². The number of aromatic nitrogens is 1. The maximum atomic E-state index is 12.0. The van der Waals surface area contributed by atoms with Crippen LogP contribution in [0.5, 0.6) is 0 Å². The smallest absolute Gasteiger partial charge is 0.270 e. The average Bonchev–Trinajstić information content (AvgIpc) is 2.59. The van der Waals surface area contributed by atoms with Crippen LogP contribution in [0, 0.1) is 0 Å². The number of aromatic amines is 1. The lowest BCUT2D eigenvalue weighted by atomic mass is 10.1. The van der Waals surface area contributed by atoms with Gasteiger partial charge in [0.25, 0.3) is 5.91 Å². The molecule has 1 aliphatic heterocycles. The van der Waals surface area contributed by atoms with Gasteiger partial charge >= 0.3 is 0 Å². The summed E-state index contributed by atoms with van der Waals surface area (Å²) < 4.78 is 0. The molecule has 16 heavy (non-hydrogen) atoms. The molecule has 0 unspecified atom stereocenters. The number of carbonyl (C=O) groups is 1. The summed E-state index contributed by atoms with van der Waals surface area (Å²) in [5.41, 5.74) is 0.395. The number of halogens is 2. The summed E-state index contributed by atoms with van der Waals surface area (Å²) in [7, 11) is 0. The molecule has 2 N–H and O–H groups in total. The van der Waals surface area contributed by atoms with Crippen molar-refractivity contribution in [2.24, 2.45) is 0 Å². The molecule has 1 aromatic rings. The van der Waals surface area contributed by atoms with E-state index >= 15 is 0 Å². The van der Waals surface area contributed by atoms with Crippen LogP contribution in [-0.2, 0) is 0 Å². The molecule has 1 aliphatic rings. The van der Waals surface area contributed by atoms with Crippen LogP contribution in [0.15, 0.2) is 6.07 Å². The Morgan fingerprint density at radius 2 is 2.06 bits per heavy atom. The number of H-pyrrole nitrogens is 1. The Kier molecular flexibility index (Phi) is 3.42. The number of hydrogen-bond acceptors (Lipinski definition) is 2. The van der Waals surface area contributed by atoms with Gasteiger partial charge in [0.1, 0.15) is 10.8 Å². The van der Waals surface area contributed by atoms with Crippen LogP contribution in [0.4, 0.5) is 0 Å². The number of likely N-dealkylation sites (tertiary alicyclic amines) is 1. The highest BCUT2D eigenvalue weighted by Gasteiger charge is 2.23. The van der Waals surface area contributed by atoms with Crippen molar-refractivity contribution >= 4 is 29.1 Å². The lowest BCUT2D eigenvalue weighted by Crippen LogP contribution is -2.40. The number of piperidine rings is 1. The third-order valence-electron chi connectivity index (χ3n) is 2.71. The van der Waals surface area contributed by atoms with Gasteiger partial charge in [-0.2, -0.15) is 0 Å². The molecule has 88 valence electrons. The number of nitrogens with one attached hydrogen (secondary N) is 1. The van der Waals surface area contributed by atoms with E-state index in [2.05, 4.69) is 4.98 Å². The molecular weight excluding hydrogens is 251 g/mol. The number of amides is 1. The molecule has 6 heteroatoms. The second-order valence-corrected chi connectivity index (χ2v) is 4.65. The van der Waals surface area contributed by atoms with Crippen molar-refractivity contribution in [1.82, 2.24) is 9.88 Å². The molecule has 1 amide bonds. The normalized spacial score (nSPS) is 17.8. The molecule has 2 heterocycles. The second-order valence-electron chi connectivity index (χ2n) is 3.87. The monoisotopic (exact) mass is 262 g/mol. The number of aliphatic hydroxyl groups excluding tert-OH is 1. The van der Waals surface area contributed by atoms with Crippen molar-refractivity contribution in [3.63, 3.8) is 0 Å². The Morgan fingerprint density at radius 3 is 2.56 bits per heavy atom. The zero-order valence-electron chi connectivity index (χ0n) is 8.54. The molecular formula is C10H12Cl2N2O2. The fourth-order valence-electron chi connectivity index (χ4n) is 1.76. The molecule has 0 bridgehead atoms. The Hall–Kier alpha value is -0.710. The highest BCUT2D eigenvalue weighted by molar-refractivity contribution is 6.41. The summed E-state index contributed by atoms with van der Waals surface area (Å²) in [4.78, 5) is 16.4. The predicted octanol–water partition coefficient (Wildman–Crippen LogP) is 1.92. The number of carbonyl (C=O) groups excluding carboxylic acids is 1. The SMILES string of the molecule is O=C(c1cc(Cl)c(Cl)[nH]1)N1CCC(O)CC1. The first-order valence-corrected chi connectivity index (χ1v) is 5.85. The van der Waals surface area contributed by atoms with Crippen LogP contribution >= 0.6 is 23.2 Å². The van der Waals surface area contributed by atoms with Crippen LogP contribution in [0.25, 0.3) is 0 Å². The first kappa shape index (κ1) is 11.8. The van der Waals surface area contributed by atoms with Gasteiger partial charge < -0.3 is 15.0 Å². The Bertz CT molecular complexity index is 378. The molecule has 0 spiro atoms. The largest absolute Gasteiger partial charge is 0.393 e. The number of hydrogen-bond donors (Lipinski definition) is 2. The predicted molar refractivity (Wildman–Crippen MR) is 62.0 cm³/mol. The maximum absolute atomic E-state index is 12.0. The molecule has 1 fully saturated rings. The Labute approximate surface area is 103 Å². The second kappa shape index (κ2) is 4.65. The van der Waals surface area contributed by atoms with Crippen molar-refractivity contribution in [2.45, 2.75) is 18.9 Å². The summed E-state index contributed by atoms with van der Waals surface area (Å²) in [5, 5.41) is 9.97. The fourth-order valence-corrected chi connectivity index (χ4v) is 2.07. The maximum Gasteiger partial charge on any atom is 0.270 e. The fraction of sp³-hybridized carbons (Fsp3) is 0.500. The van der Waals surface area contributed by atoms with Crippen molar-refractivity contribution < 1.29 is 9.90 Å². The summed E-state index contributed by atoms with van der Waals surface area (Å²) >= 11 is 11.5. The minimum atomic E-state index is -0.292. The minimum Gasteiger partial charge on any atom is -0.393 e. The van der Waals surface area contributed by atoms with Gasteiger partial charge in [0.2, 0.25) is 0 Å². The van der Waals surface area contributed by atoms with Gasteiger partial charge in [0.05, 0.1) is 11.1 Å². The van der Waals surface area contributed by atoms with E-state index in [9.17, 15) is 9.90 Å². The van der Waals surface area contributed by atoms with E-state index in [0.29, 0.717) is 36.6 Å². The van der Waals surface area contributed by atoms with Crippen molar-refractivity contribution in [3.05, 3.63) is 21.9 Å². The molecule has 4 nitrogen and oxygen atoms in total. The molecule has 0 saturated carbocycles. The zero-order valence-corrected chi connectivity index (χ0v) is 10.1. The summed E-state index contributed by atoms with van der Waals surface area (Å²) in [6.45, 7) is 1.13. The van der Waals surface area contributed by atoms with E-state index in [1.165, 1.54) is 6.07 Å². The molecule has 0 radical (unpaired) electrons. The number of nitrogens with zero attached hydrogens (tertiary/aromatic N) is 1. The minimum absolute atomic E-state index is 0.124. The third-order valence-corrected chi connectivity index (χ3v) is 3.40. The van der Waals surface area contributed by atoms with E-state index < -0.39 is 0 Å². The molecule has 2 rings (SSSR count). The summed E-state index contributed by atoms with van der Waals surface area (Å²) in [6.07, 6.45) is 0.946. The Morgan fingerprint density at radius 1 is 1.44 bits per heavy atom. The van der Waals surface area contributed by atoms with Crippen LogP contribution in [-0.4, -0.2) is 40.1 Å². The van der Waals surface area contributed by atoms with Crippen LogP contribution < -0.4 is 0 Å². The first-order chi connectivity index (χ1) is 7.58. The van der Waals surface area contributed by atoms with Crippen molar-refractivity contribution in [3.8, 4) is 0 Å². The highest BCUT2D eigenvalue weighted by Crippen LogP contribution is 2.23. The topological polar surface area (TPSA) is 56.3 Å². The third kappa shape index (κ3) is 2.34. The van der Waals surface area contributed by atoms with E-state index in [-0.39, 0.29) is 17.2 Å². The van der Waals surface area contributed by atoms with Gasteiger partial charge in [0, 0.05) is 13.1 Å². The first-order valence-electron chi connectivity index (χ1n) is 5.09. The number of aliphatic hydroxyl groups is 1. The molecule has 0 atom stereocenters. The van der Waals surface area contributed by atoms with Crippen LogP contribution in [0.1, 0.15) is 23.3 Å². The van der Waals surface area contributed by atoms with Gasteiger partial charge in [-0.25, -0.2) is 0 Å². The van der Waals surface area contributed by atoms with Crippen molar-refractivity contribution in [2.75, 3.05) is 13.1 Å². The number of rotatable bonds is 1.